The zero-order valence-electron chi connectivity index (χ0n) is 23.0. The van der Waals surface area contributed by atoms with E-state index in [0.717, 1.165) is 5.56 Å². The molecule has 1 aromatic heterocycles. The van der Waals surface area contributed by atoms with Crippen LogP contribution in [0.1, 0.15) is 28.8 Å². The molecule has 0 saturated carbocycles. The first-order chi connectivity index (χ1) is 20.5. The standard InChI is InChI=1S/C30H32N8O4/c31-22-34-29(35-26-11-5-13-32-20-26)33-14-6-12-27(39)37-15-17-38(18-16-37)28(40)24-9-4-10-25(19-24)36-30(41)42-21-23-7-2-1-3-8-23/h1-5,7-11,13,19-20H,6,12,14-18,21H2,(H,36,41)(H2,33,34,35). The molecule has 12 heteroatoms. The van der Waals surface area contributed by atoms with Gasteiger partial charge in [-0.2, -0.15) is 5.26 Å². The first-order valence-electron chi connectivity index (χ1n) is 13.5. The van der Waals surface area contributed by atoms with Crippen LogP contribution in [-0.4, -0.2) is 71.4 Å². The third-order valence-electron chi connectivity index (χ3n) is 6.41. The van der Waals surface area contributed by atoms with Gasteiger partial charge in [0.05, 0.1) is 11.9 Å². The monoisotopic (exact) mass is 568 g/mol. The van der Waals surface area contributed by atoms with E-state index >= 15 is 0 Å². The fourth-order valence-corrected chi connectivity index (χ4v) is 4.26. The van der Waals surface area contributed by atoms with Crippen molar-refractivity contribution in [2.45, 2.75) is 19.4 Å². The van der Waals surface area contributed by atoms with Crippen molar-refractivity contribution in [3.63, 3.8) is 0 Å². The van der Waals surface area contributed by atoms with Crippen molar-refractivity contribution in [2.75, 3.05) is 43.4 Å². The summed E-state index contributed by atoms with van der Waals surface area (Å²) in [6, 6.07) is 19.6. The van der Waals surface area contributed by atoms with Crippen molar-refractivity contribution in [1.82, 2.24) is 20.1 Å². The number of aliphatic imine (C=N–C) groups is 1. The second kappa shape index (κ2) is 15.4. The summed E-state index contributed by atoms with van der Waals surface area (Å²) in [6.07, 6.45) is 5.30. The number of hydrogen-bond acceptors (Lipinski definition) is 7. The molecule has 1 aliphatic heterocycles. The minimum atomic E-state index is -0.608. The number of pyridine rings is 1. The molecule has 0 bridgehead atoms. The molecule has 42 heavy (non-hydrogen) atoms. The molecule has 2 aromatic carbocycles. The normalized spacial score (nSPS) is 13.1. The van der Waals surface area contributed by atoms with Crippen LogP contribution in [0.15, 0.2) is 84.1 Å². The Bertz CT molecular complexity index is 1420. The maximum Gasteiger partial charge on any atom is 0.411 e. The van der Waals surface area contributed by atoms with Crippen LogP contribution >= 0.6 is 0 Å². The van der Waals surface area contributed by atoms with Crippen LogP contribution in [0, 0.1) is 11.5 Å². The van der Waals surface area contributed by atoms with E-state index in [0.29, 0.717) is 62.5 Å². The Labute approximate surface area is 244 Å². The molecular formula is C30H32N8O4. The number of aromatic nitrogens is 1. The molecule has 1 aliphatic rings. The highest BCUT2D eigenvalue weighted by atomic mass is 16.5. The van der Waals surface area contributed by atoms with Gasteiger partial charge in [-0.05, 0) is 42.3 Å². The number of amides is 3. The van der Waals surface area contributed by atoms with Gasteiger partial charge in [-0.3, -0.25) is 30.2 Å². The number of carbonyl (C=O) groups excluding carboxylic acids is 3. The van der Waals surface area contributed by atoms with E-state index in [1.807, 2.05) is 36.5 Å². The van der Waals surface area contributed by atoms with Gasteiger partial charge in [0.1, 0.15) is 6.61 Å². The number of rotatable bonds is 9. The van der Waals surface area contributed by atoms with E-state index in [-0.39, 0.29) is 24.4 Å². The van der Waals surface area contributed by atoms with Crippen LogP contribution in [0.5, 0.6) is 0 Å². The minimum absolute atomic E-state index is 0.00692. The van der Waals surface area contributed by atoms with Crippen molar-refractivity contribution < 1.29 is 19.1 Å². The fourth-order valence-electron chi connectivity index (χ4n) is 4.26. The predicted octanol–water partition coefficient (Wildman–Crippen LogP) is 3.43. The number of nitriles is 1. The van der Waals surface area contributed by atoms with E-state index in [2.05, 4.69) is 25.9 Å². The molecule has 2 heterocycles. The number of guanidine groups is 1. The van der Waals surface area contributed by atoms with Gasteiger partial charge < -0.3 is 19.9 Å². The lowest BCUT2D eigenvalue weighted by Gasteiger charge is -2.35. The van der Waals surface area contributed by atoms with E-state index < -0.39 is 6.09 Å². The third kappa shape index (κ3) is 9.06. The van der Waals surface area contributed by atoms with Gasteiger partial charge in [-0.15, -0.1) is 0 Å². The quantitative estimate of drug-likeness (QED) is 0.117. The summed E-state index contributed by atoms with van der Waals surface area (Å²) in [4.78, 5) is 49.8. The number of carbonyl (C=O) groups is 3. The average molecular weight is 569 g/mol. The SMILES string of the molecule is N#CNC(=NCCCC(=O)N1CCN(C(=O)c2cccc(NC(=O)OCc3ccccc3)c2)CC1)Nc1cccnc1. The lowest BCUT2D eigenvalue weighted by molar-refractivity contribution is -0.132. The van der Waals surface area contributed by atoms with Gasteiger partial charge in [0.2, 0.25) is 11.9 Å². The van der Waals surface area contributed by atoms with Crippen LogP contribution in [0.3, 0.4) is 0 Å². The first-order valence-corrected chi connectivity index (χ1v) is 13.5. The molecule has 3 N–H and O–H groups in total. The second-order valence-electron chi connectivity index (χ2n) is 9.38. The van der Waals surface area contributed by atoms with Gasteiger partial charge >= 0.3 is 6.09 Å². The summed E-state index contributed by atoms with van der Waals surface area (Å²) >= 11 is 0. The van der Waals surface area contributed by atoms with Crippen molar-refractivity contribution >= 4 is 35.2 Å². The van der Waals surface area contributed by atoms with E-state index in [1.165, 1.54) is 0 Å². The van der Waals surface area contributed by atoms with Gasteiger partial charge in [0.15, 0.2) is 6.19 Å². The summed E-state index contributed by atoms with van der Waals surface area (Å²) in [5.74, 6) is 0.109. The molecule has 216 valence electrons. The van der Waals surface area contributed by atoms with Crippen LogP contribution in [0.25, 0.3) is 0 Å². The van der Waals surface area contributed by atoms with Gasteiger partial charge in [0, 0.05) is 56.6 Å². The number of nitrogens with zero attached hydrogens (tertiary/aromatic N) is 5. The second-order valence-corrected chi connectivity index (χ2v) is 9.38. The maximum atomic E-state index is 13.1. The molecule has 4 rings (SSSR count). The molecule has 0 unspecified atom stereocenters. The molecule has 1 fully saturated rings. The third-order valence-corrected chi connectivity index (χ3v) is 6.41. The van der Waals surface area contributed by atoms with E-state index in [9.17, 15) is 14.4 Å². The summed E-state index contributed by atoms with van der Waals surface area (Å²) in [5.41, 5.74) is 2.46. The molecule has 3 amide bonds. The molecule has 1 saturated heterocycles. The topological polar surface area (TPSA) is 152 Å². The Balaban J connectivity index is 1.19. The van der Waals surface area contributed by atoms with Gasteiger partial charge in [-0.1, -0.05) is 36.4 Å². The number of hydrogen-bond donors (Lipinski definition) is 3. The lowest BCUT2D eigenvalue weighted by atomic mass is 10.1. The number of ether oxygens (including phenoxy) is 1. The van der Waals surface area contributed by atoms with E-state index in [1.54, 1.807) is 58.6 Å². The first kappa shape index (κ1) is 29.5. The number of anilines is 2. The Kier molecular flexibility index (Phi) is 10.8. The Morgan fingerprint density at radius 1 is 0.929 bits per heavy atom. The summed E-state index contributed by atoms with van der Waals surface area (Å²) in [6.45, 7) is 2.17. The largest absolute Gasteiger partial charge is 0.444 e. The molecule has 3 aromatic rings. The number of piperazine rings is 1. The van der Waals surface area contributed by atoms with Crippen molar-refractivity contribution in [2.24, 2.45) is 4.99 Å². The highest BCUT2D eigenvalue weighted by molar-refractivity contribution is 5.96. The van der Waals surface area contributed by atoms with Gasteiger partial charge in [0.25, 0.3) is 5.91 Å². The minimum Gasteiger partial charge on any atom is -0.444 e. The van der Waals surface area contributed by atoms with Crippen LogP contribution in [0.2, 0.25) is 0 Å². The zero-order chi connectivity index (χ0) is 29.6. The van der Waals surface area contributed by atoms with Gasteiger partial charge in [-0.25, -0.2) is 4.79 Å². The molecule has 12 nitrogen and oxygen atoms in total. The maximum absolute atomic E-state index is 13.1. The van der Waals surface area contributed by atoms with Crippen molar-refractivity contribution in [3.8, 4) is 6.19 Å². The van der Waals surface area contributed by atoms with Crippen LogP contribution < -0.4 is 16.0 Å². The van der Waals surface area contributed by atoms with Crippen LogP contribution in [-0.2, 0) is 16.1 Å². The van der Waals surface area contributed by atoms with Crippen LogP contribution in [0.4, 0.5) is 16.2 Å². The average Bonchev–Trinajstić information content (AvgIpc) is 3.03. The molecular weight excluding hydrogens is 536 g/mol. The Hall–Kier alpha value is -5.44. The molecule has 0 aliphatic carbocycles. The predicted molar refractivity (Wildman–Crippen MR) is 157 cm³/mol. The highest BCUT2D eigenvalue weighted by Gasteiger charge is 2.25. The number of benzene rings is 2. The molecule has 0 atom stereocenters. The van der Waals surface area contributed by atoms with Crippen molar-refractivity contribution in [1.29, 1.82) is 5.26 Å². The summed E-state index contributed by atoms with van der Waals surface area (Å²) in [5, 5.41) is 17.1. The number of nitrogens with one attached hydrogen (secondary N) is 3. The van der Waals surface area contributed by atoms with Crippen molar-refractivity contribution in [3.05, 3.63) is 90.3 Å². The lowest BCUT2D eigenvalue weighted by Crippen LogP contribution is -2.50. The zero-order valence-corrected chi connectivity index (χ0v) is 23.0. The highest BCUT2D eigenvalue weighted by Crippen LogP contribution is 2.16. The molecule has 0 radical (unpaired) electrons. The molecule has 0 spiro atoms. The summed E-state index contributed by atoms with van der Waals surface area (Å²) in [7, 11) is 0. The summed E-state index contributed by atoms with van der Waals surface area (Å²) < 4.78 is 5.25. The Morgan fingerprint density at radius 2 is 1.69 bits per heavy atom. The smallest absolute Gasteiger partial charge is 0.411 e. The fraction of sp³-hybridized carbons (Fsp3) is 0.267. The van der Waals surface area contributed by atoms with E-state index in [4.69, 9.17) is 10.00 Å². The Morgan fingerprint density at radius 3 is 2.43 bits per heavy atom.